The predicted molar refractivity (Wildman–Crippen MR) is 34.9 cm³/mol. The molecule has 0 heterocycles. The van der Waals surface area contributed by atoms with Crippen molar-refractivity contribution in [3.63, 3.8) is 0 Å². The monoisotopic (exact) mass is 126 g/mol. The molecule has 3 heteroatoms. The standard InChI is InChI=1S/C6H10N2O/c1-5(2)6(4-7)8-9-3/h5H,1-3H3/b8-6-. The first kappa shape index (κ1) is 7.96. The Kier molecular flexibility index (Phi) is 3.45. The minimum absolute atomic E-state index is 0.148. The molecular weight excluding hydrogens is 116 g/mol. The molecule has 0 aromatic heterocycles. The van der Waals surface area contributed by atoms with Crippen LogP contribution in [0.3, 0.4) is 0 Å². The summed E-state index contributed by atoms with van der Waals surface area (Å²) < 4.78 is 0. The summed E-state index contributed by atoms with van der Waals surface area (Å²) in [5.41, 5.74) is 0.428. The second-order valence-electron chi connectivity index (χ2n) is 1.93. The van der Waals surface area contributed by atoms with Gasteiger partial charge >= 0.3 is 0 Å². The molecule has 0 radical (unpaired) electrons. The van der Waals surface area contributed by atoms with Gasteiger partial charge in [-0.15, -0.1) is 0 Å². The van der Waals surface area contributed by atoms with Crippen molar-refractivity contribution in [2.75, 3.05) is 7.11 Å². The van der Waals surface area contributed by atoms with Gasteiger partial charge < -0.3 is 4.84 Å². The quantitative estimate of drug-likeness (QED) is 0.411. The van der Waals surface area contributed by atoms with Crippen LogP contribution in [0.15, 0.2) is 5.16 Å². The summed E-state index contributed by atoms with van der Waals surface area (Å²) in [7, 11) is 1.43. The summed E-state index contributed by atoms with van der Waals surface area (Å²) >= 11 is 0. The van der Waals surface area contributed by atoms with Crippen molar-refractivity contribution in [3.05, 3.63) is 0 Å². The fourth-order valence-corrected chi connectivity index (χ4v) is 0.353. The average Bonchev–Trinajstić information content (AvgIpc) is 1.82. The largest absolute Gasteiger partial charge is 0.398 e. The van der Waals surface area contributed by atoms with Crippen LogP contribution in [-0.2, 0) is 4.84 Å². The van der Waals surface area contributed by atoms with Gasteiger partial charge in [-0.25, -0.2) is 0 Å². The van der Waals surface area contributed by atoms with Crippen molar-refractivity contribution in [2.45, 2.75) is 13.8 Å². The molecule has 0 rings (SSSR count). The fraction of sp³-hybridized carbons (Fsp3) is 0.667. The molecule has 0 saturated carbocycles. The minimum atomic E-state index is 0.148. The predicted octanol–water partition coefficient (Wildman–Crippen LogP) is 1.17. The second kappa shape index (κ2) is 3.90. The van der Waals surface area contributed by atoms with Crippen molar-refractivity contribution < 1.29 is 4.84 Å². The van der Waals surface area contributed by atoms with Gasteiger partial charge in [-0.05, 0) is 0 Å². The summed E-state index contributed by atoms with van der Waals surface area (Å²) in [6.45, 7) is 3.78. The molecule has 0 saturated heterocycles. The Morgan fingerprint density at radius 1 is 1.67 bits per heavy atom. The molecule has 3 nitrogen and oxygen atoms in total. The highest BCUT2D eigenvalue weighted by molar-refractivity contribution is 5.99. The zero-order valence-corrected chi connectivity index (χ0v) is 5.88. The molecule has 0 atom stereocenters. The van der Waals surface area contributed by atoms with Gasteiger partial charge in [0.05, 0.1) is 0 Å². The highest BCUT2D eigenvalue weighted by Crippen LogP contribution is 1.95. The number of rotatable bonds is 2. The SMILES string of the molecule is CO/N=C(/C#N)C(C)C. The van der Waals surface area contributed by atoms with E-state index in [4.69, 9.17) is 5.26 Å². The molecule has 0 fully saturated rings. The van der Waals surface area contributed by atoms with Gasteiger partial charge in [-0.1, -0.05) is 19.0 Å². The molecule has 50 valence electrons. The molecule has 9 heavy (non-hydrogen) atoms. The molecule has 0 aliphatic carbocycles. The number of nitrogens with zero attached hydrogens (tertiary/aromatic N) is 2. The molecule has 0 bridgehead atoms. The zero-order valence-electron chi connectivity index (χ0n) is 5.88. The summed E-state index contributed by atoms with van der Waals surface area (Å²) in [5, 5.41) is 11.9. The molecular formula is C6H10N2O. The topological polar surface area (TPSA) is 45.4 Å². The second-order valence-corrected chi connectivity index (χ2v) is 1.93. The van der Waals surface area contributed by atoms with Crippen molar-refractivity contribution >= 4 is 5.71 Å². The Hall–Kier alpha value is -1.04. The van der Waals surface area contributed by atoms with E-state index in [1.165, 1.54) is 7.11 Å². The van der Waals surface area contributed by atoms with Gasteiger partial charge in [0, 0.05) is 5.92 Å². The van der Waals surface area contributed by atoms with Gasteiger partial charge in [0.25, 0.3) is 0 Å². The Balaban J connectivity index is 4.02. The minimum Gasteiger partial charge on any atom is -0.398 e. The van der Waals surface area contributed by atoms with Crippen LogP contribution in [0.4, 0.5) is 0 Å². The molecule has 0 aromatic carbocycles. The van der Waals surface area contributed by atoms with Crippen molar-refractivity contribution in [1.82, 2.24) is 0 Å². The lowest BCUT2D eigenvalue weighted by Crippen LogP contribution is -2.03. The summed E-state index contributed by atoms with van der Waals surface area (Å²) in [6, 6.07) is 1.93. The van der Waals surface area contributed by atoms with Crippen LogP contribution in [0.5, 0.6) is 0 Å². The molecule has 0 aromatic rings. The molecule has 0 aliphatic heterocycles. The van der Waals surface area contributed by atoms with Crippen LogP contribution in [0, 0.1) is 17.2 Å². The highest BCUT2D eigenvalue weighted by atomic mass is 16.6. The van der Waals surface area contributed by atoms with Crippen LogP contribution in [0.25, 0.3) is 0 Å². The van der Waals surface area contributed by atoms with Crippen LogP contribution in [-0.4, -0.2) is 12.8 Å². The number of nitriles is 1. The van der Waals surface area contributed by atoms with Crippen molar-refractivity contribution in [3.8, 4) is 6.07 Å². The van der Waals surface area contributed by atoms with Crippen LogP contribution in [0.1, 0.15) is 13.8 Å². The maximum absolute atomic E-state index is 8.37. The van der Waals surface area contributed by atoms with Crippen molar-refractivity contribution in [2.24, 2.45) is 11.1 Å². The Morgan fingerprint density at radius 2 is 2.22 bits per heavy atom. The van der Waals surface area contributed by atoms with Gasteiger partial charge in [0.2, 0.25) is 0 Å². The summed E-state index contributed by atoms with van der Waals surface area (Å²) in [5.74, 6) is 0.148. The Labute approximate surface area is 54.9 Å². The smallest absolute Gasteiger partial charge is 0.159 e. The van der Waals surface area contributed by atoms with E-state index in [2.05, 4.69) is 9.99 Å². The van der Waals surface area contributed by atoms with E-state index in [1.807, 2.05) is 19.9 Å². The van der Waals surface area contributed by atoms with Crippen molar-refractivity contribution in [1.29, 1.82) is 5.26 Å². The van der Waals surface area contributed by atoms with Gasteiger partial charge in [-0.3, -0.25) is 0 Å². The third-order valence-corrected chi connectivity index (χ3v) is 0.851. The fourth-order valence-electron chi connectivity index (χ4n) is 0.353. The molecule has 0 spiro atoms. The summed E-state index contributed by atoms with van der Waals surface area (Å²) in [4.78, 5) is 4.42. The van der Waals surface area contributed by atoms with Crippen LogP contribution < -0.4 is 0 Å². The lowest BCUT2D eigenvalue weighted by molar-refractivity contribution is 0.212. The van der Waals surface area contributed by atoms with Crippen LogP contribution in [0.2, 0.25) is 0 Å². The lowest BCUT2D eigenvalue weighted by atomic mass is 10.1. The van der Waals surface area contributed by atoms with E-state index >= 15 is 0 Å². The third-order valence-electron chi connectivity index (χ3n) is 0.851. The third kappa shape index (κ3) is 2.70. The number of oxime groups is 1. The maximum Gasteiger partial charge on any atom is 0.159 e. The molecule has 0 amide bonds. The van der Waals surface area contributed by atoms with E-state index < -0.39 is 0 Å². The molecule has 0 aliphatic rings. The average molecular weight is 126 g/mol. The van der Waals surface area contributed by atoms with E-state index in [0.29, 0.717) is 5.71 Å². The zero-order chi connectivity index (χ0) is 7.28. The highest BCUT2D eigenvalue weighted by Gasteiger charge is 2.02. The van der Waals surface area contributed by atoms with E-state index in [-0.39, 0.29) is 5.92 Å². The van der Waals surface area contributed by atoms with Gasteiger partial charge in [0.1, 0.15) is 13.2 Å². The summed E-state index contributed by atoms with van der Waals surface area (Å²) in [6.07, 6.45) is 0. The van der Waals surface area contributed by atoms with E-state index in [1.54, 1.807) is 0 Å². The number of hydrogen-bond donors (Lipinski definition) is 0. The Bertz CT molecular complexity index is 144. The van der Waals surface area contributed by atoms with E-state index in [9.17, 15) is 0 Å². The Morgan fingerprint density at radius 3 is 2.33 bits per heavy atom. The van der Waals surface area contributed by atoms with E-state index in [0.717, 1.165) is 0 Å². The normalized spacial score (nSPS) is 11.2. The van der Waals surface area contributed by atoms with Gasteiger partial charge in [-0.2, -0.15) is 5.26 Å². The first-order chi connectivity index (χ1) is 4.22. The maximum atomic E-state index is 8.37. The lowest BCUT2D eigenvalue weighted by Gasteiger charge is -1.96. The first-order valence-corrected chi connectivity index (χ1v) is 2.73. The number of hydrogen-bond acceptors (Lipinski definition) is 3. The first-order valence-electron chi connectivity index (χ1n) is 2.73. The van der Waals surface area contributed by atoms with Crippen LogP contribution >= 0.6 is 0 Å². The van der Waals surface area contributed by atoms with Gasteiger partial charge in [0.15, 0.2) is 5.71 Å². The molecule has 0 unspecified atom stereocenters. The molecule has 0 N–H and O–H groups in total.